The van der Waals surface area contributed by atoms with Crippen LogP contribution in [0.2, 0.25) is 0 Å². The number of fused-ring (bicyclic) bond motifs is 1. The van der Waals surface area contributed by atoms with E-state index in [1.807, 2.05) is 0 Å². The summed E-state index contributed by atoms with van der Waals surface area (Å²) in [5.41, 5.74) is 0.418. The first-order valence-electron chi connectivity index (χ1n) is 7.08. The normalized spacial score (nSPS) is 11.2. The number of imidazole rings is 1. The van der Waals surface area contributed by atoms with Gasteiger partial charge in [0.05, 0.1) is 17.7 Å². The molecule has 2 aromatic heterocycles. The first-order valence-corrected chi connectivity index (χ1v) is 7.08. The van der Waals surface area contributed by atoms with Crippen LogP contribution in [0.25, 0.3) is 5.65 Å². The van der Waals surface area contributed by atoms with Gasteiger partial charge in [-0.1, -0.05) is 12.1 Å². The standard InChI is InChI=1S/C16H11FN4O4/c17-9-5-6-13-18-12(7-14(22)23)15(21(13)8-9)20-19-11-4-2-1-3-10(11)16(24)25/h1-6,8H,7H2,(H,22,23)(H,24,25). The van der Waals surface area contributed by atoms with Gasteiger partial charge in [0, 0.05) is 6.20 Å². The monoisotopic (exact) mass is 342 g/mol. The summed E-state index contributed by atoms with van der Waals surface area (Å²) in [4.78, 5) is 26.3. The number of aromatic carboxylic acids is 1. The lowest BCUT2D eigenvalue weighted by Crippen LogP contribution is -2.00. The SMILES string of the molecule is O=C(O)Cc1nc2ccc(F)cn2c1N=Nc1ccccc1C(=O)O. The lowest BCUT2D eigenvalue weighted by molar-refractivity contribution is -0.136. The Morgan fingerprint density at radius 3 is 2.60 bits per heavy atom. The van der Waals surface area contributed by atoms with Crippen LogP contribution in [0.5, 0.6) is 0 Å². The molecule has 0 bridgehead atoms. The molecule has 3 rings (SSSR count). The van der Waals surface area contributed by atoms with Gasteiger partial charge in [-0.05, 0) is 24.3 Å². The van der Waals surface area contributed by atoms with Crippen molar-refractivity contribution >= 4 is 29.1 Å². The second-order valence-electron chi connectivity index (χ2n) is 5.05. The molecule has 0 fully saturated rings. The van der Waals surface area contributed by atoms with E-state index < -0.39 is 24.2 Å². The van der Waals surface area contributed by atoms with E-state index in [-0.39, 0.29) is 22.8 Å². The molecule has 126 valence electrons. The molecule has 0 saturated carbocycles. The molecule has 3 aromatic rings. The zero-order valence-electron chi connectivity index (χ0n) is 12.6. The number of rotatable bonds is 5. The predicted octanol–water partition coefficient (Wildman–Crippen LogP) is 3.21. The molecule has 8 nitrogen and oxygen atoms in total. The molecular formula is C16H11FN4O4. The van der Waals surface area contributed by atoms with Crippen molar-refractivity contribution in [3.05, 3.63) is 59.7 Å². The Balaban J connectivity index is 2.12. The fourth-order valence-electron chi connectivity index (χ4n) is 2.27. The lowest BCUT2D eigenvalue weighted by atomic mass is 10.2. The summed E-state index contributed by atoms with van der Waals surface area (Å²) in [6.07, 6.45) is 0.670. The average molecular weight is 342 g/mol. The molecule has 1 aromatic carbocycles. The molecule has 0 saturated heterocycles. The number of hydrogen-bond donors (Lipinski definition) is 2. The second kappa shape index (κ2) is 6.48. The number of carboxylic acids is 2. The molecule has 0 aliphatic carbocycles. The summed E-state index contributed by atoms with van der Waals surface area (Å²) >= 11 is 0. The van der Waals surface area contributed by atoms with Crippen LogP contribution in [0.1, 0.15) is 16.1 Å². The maximum atomic E-state index is 13.5. The highest BCUT2D eigenvalue weighted by molar-refractivity contribution is 5.93. The van der Waals surface area contributed by atoms with Gasteiger partial charge in [-0.2, -0.15) is 0 Å². The van der Waals surface area contributed by atoms with Crippen LogP contribution in [0, 0.1) is 5.82 Å². The van der Waals surface area contributed by atoms with E-state index in [4.69, 9.17) is 10.2 Å². The third-order valence-corrected chi connectivity index (χ3v) is 3.33. The zero-order valence-corrected chi connectivity index (χ0v) is 12.6. The summed E-state index contributed by atoms with van der Waals surface area (Å²) in [5, 5.41) is 26.0. The number of nitrogens with zero attached hydrogens (tertiary/aromatic N) is 4. The van der Waals surface area contributed by atoms with Gasteiger partial charge < -0.3 is 10.2 Å². The molecule has 25 heavy (non-hydrogen) atoms. The molecule has 0 spiro atoms. The van der Waals surface area contributed by atoms with Crippen molar-refractivity contribution < 1.29 is 24.2 Å². The number of aliphatic carboxylic acids is 1. The van der Waals surface area contributed by atoms with Gasteiger partial charge in [-0.3, -0.25) is 9.20 Å². The number of aromatic nitrogens is 2. The van der Waals surface area contributed by atoms with Crippen molar-refractivity contribution in [3.8, 4) is 0 Å². The number of hydrogen-bond acceptors (Lipinski definition) is 5. The van der Waals surface area contributed by atoms with E-state index in [9.17, 15) is 14.0 Å². The van der Waals surface area contributed by atoms with Gasteiger partial charge in [0.1, 0.15) is 17.2 Å². The van der Waals surface area contributed by atoms with Crippen molar-refractivity contribution in [3.63, 3.8) is 0 Å². The Kier molecular flexibility index (Phi) is 4.21. The number of carboxylic acid groups (broad SMARTS) is 2. The van der Waals surface area contributed by atoms with Gasteiger partial charge >= 0.3 is 11.9 Å². The lowest BCUT2D eigenvalue weighted by Gasteiger charge is -2.00. The quantitative estimate of drug-likeness (QED) is 0.691. The molecule has 0 atom stereocenters. The summed E-state index contributed by atoms with van der Waals surface area (Å²) in [6.45, 7) is 0. The van der Waals surface area contributed by atoms with Crippen LogP contribution in [-0.2, 0) is 11.2 Å². The molecule has 0 aliphatic heterocycles. The van der Waals surface area contributed by atoms with Gasteiger partial charge in [-0.25, -0.2) is 14.2 Å². The summed E-state index contributed by atoms with van der Waals surface area (Å²) in [5.74, 6) is -2.85. The number of halogens is 1. The number of carbonyl (C=O) groups is 2. The van der Waals surface area contributed by atoms with E-state index in [2.05, 4.69) is 15.2 Å². The van der Waals surface area contributed by atoms with Crippen LogP contribution in [0.3, 0.4) is 0 Å². The van der Waals surface area contributed by atoms with Gasteiger partial charge in [0.15, 0.2) is 5.82 Å². The minimum absolute atomic E-state index is 0.0251. The smallest absolute Gasteiger partial charge is 0.337 e. The molecule has 0 aliphatic rings. The van der Waals surface area contributed by atoms with Crippen molar-refractivity contribution in [2.75, 3.05) is 0 Å². The predicted molar refractivity (Wildman–Crippen MR) is 84.1 cm³/mol. The fourth-order valence-corrected chi connectivity index (χ4v) is 2.27. The first-order chi connectivity index (χ1) is 12.0. The van der Waals surface area contributed by atoms with Crippen LogP contribution >= 0.6 is 0 Å². The molecular weight excluding hydrogens is 331 g/mol. The van der Waals surface area contributed by atoms with Gasteiger partial charge in [0.2, 0.25) is 0 Å². The topological polar surface area (TPSA) is 117 Å². The maximum absolute atomic E-state index is 13.5. The van der Waals surface area contributed by atoms with E-state index in [0.29, 0.717) is 5.65 Å². The van der Waals surface area contributed by atoms with E-state index in [1.54, 1.807) is 12.1 Å². The van der Waals surface area contributed by atoms with Crippen LogP contribution in [0.15, 0.2) is 52.8 Å². The molecule has 2 heterocycles. The minimum Gasteiger partial charge on any atom is -0.481 e. The number of azo groups is 1. The molecule has 2 N–H and O–H groups in total. The Hall–Kier alpha value is -3.62. The van der Waals surface area contributed by atoms with Crippen molar-refractivity contribution in [1.29, 1.82) is 0 Å². The Morgan fingerprint density at radius 2 is 1.88 bits per heavy atom. The van der Waals surface area contributed by atoms with E-state index in [1.165, 1.54) is 28.7 Å². The third-order valence-electron chi connectivity index (χ3n) is 3.33. The molecule has 0 radical (unpaired) electrons. The number of pyridine rings is 1. The van der Waals surface area contributed by atoms with Crippen LogP contribution < -0.4 is 0 Å². The summed E-state index contributed by atoms with van der Waals surface area (Å²) in [7, 11) is 0. The fraction of sp³-hybridized carbons (Fsp3) is 0.0625. The molecule has 0 unspecified atom stereocenters. The summed E-state index contributed by atoms with van der Waals surface area (Å²) in [6, 6.07) is 8.52. The second-order valence-corrected chi connectivity index (χ2v) is 5.05. The number of benzene rings is 1. The molecule has 0 amide bonds. The third kappa shape index (κ3) is 3.34. The van der Waals surface area contributed by atoms with E-state index in [0.717, 1.165) is 6.20 Å². The van der Waals surface area contributed by atoms with Gasteiger partial charge in [0.25, 0.3) is 0 Å². The zero-order chi connectivity index (χ0) is 18.0. The highest BCUT2D eigenvalue weighted by Crippen LogP contribution is 2.26. The molecule has 9 heteroatoms. The van der Waals surface area contributed by atoms with Crippen molar-refractivity contribution in [2.24, 2.45) is 10.2 Å². The van der Waals surface area contributed by atoms with E-state index >= 15 is 0 Å². The maximum Gasteiger partial charge on any atom is 0.337 e. The van der Waals surface area contributed by atoms with Crippen molar-refractivity contribution in [2.45, 2.75) is 6.42 Å². The summed E-state index contributed by atoms with van der Waals surface area (Å²) < 4.78 is 14.8. The first kappa shape index (κ1) is 16.2. The Bertz CT molecular complexity index is 1010. The van der Waals surface area contributed by atoms with Gasteiger partial charge in [-0.15, -0.1) is 10.2 Å². The highest BCUT2D eigenvalue weighted by Gasteiger charge is 2.16. The van der Waals surface area contributed by atoms with Crippen LogP contribution in [-0.4, -0.2) is 31.5 Å². The van der Waals surface area contributed by atoms with Crippen LogP contribution in [0.4, 0.5) is 15.9 Å². The van der Waals surface area contributed by atoms with Crippen molar-refractivity contribution in [1.82, 2.24) is 9.38 Å². The minimum atomic E-state index is -1.18. The Labute approximate surface area is 139 Å². The highest BCUT2D eigenvalue weighted by atomic mass is 19.1. The largest absolute Gasteiger partial charge is 0.481 e. The Morgan fingerprint density at radius 1 is 1.12 bits per heavy atom. The average Bonchev–Trinajstić information content (AvgIpc) is 2.88.